The van der Waals surface area contributed by atoms with Gasteiger partial charge in [0.2, 0.25) is 0 Å². The number of amides is 1. The minimum absolute atomic E-state index is 0.0964. The molecule has 0 radical (unpaired) electrons. The van der Waals surface area contributed by atoms with Crippen molar-refractivity contribution >= 4 is 23.2 Å². The third-order valence-electron chi connectivity index (χ3n) is 6.60. The molecule has 0 saturated heterocycles. The number of H-pyrrole nitrogens is 1. The summed E-state index contributed by atoms with van der Waals surface area (Å²) < 4.78 is 0. The summed E-state index contributed by atoms with van der Waals surface area (Å²) in [5, 5.41) is 3.05. The topological polar surface area (TPSA) is 86.3 Å². The molecule has 0 saturated carbocycles. The fraction of sp³-hybridized carbons (Fsp3) is 0.333. The average molecular weight is 455 g/mol. The lowest BCUT2D eigenvalue weighted by atomic mass is 9.91. The Morgan fingerprint density at radius 1 is 1.26 bits per heavy atom. The van der Waals surface area contributed by atoms with Crippen molar-refractivity contribution in [1.82, 2.24) is 25.2 Å². The molecule has 2 N–H and O–H groups in total. The monoisotopic (exact) mass is 454 g/mol. The molecule has 1 amide bonds. The van der Waals surface area contributed by atoms with E-state index in [4.69, 9.17) is 4.98 Å². The SMILES string of the molecule is CN(Cc1nc2c(C(=O)NCCC3=CC=CN=CC3)cccc2[nH]1)C1CCCc2cccnc21. The summed E-state index contributed by atoms with van der Waals surface area (Å²) in [6.07, 6.45) is 14.5. The molecule has 2 aliphatic rings. The molecule has 5 rings (SSSR count). The van der Waals surface area contributed by atoms with Crippen LogP contribution in [-0.2, 0) is 13.0 Å². The van der Waals surface area contributed by atoms with Gasteiger partial charge in [-0.05, 0) is 62.6 Å². The molecule has 2 aromatic heterocycles. The summed E-state index contributed by atoms with van der Waals surface area (Å²) >= 11 is 0. The molecule has 1 aliphatic heterocycles. The molecule has 7 nitrogen and oxygen atoms in total. The number of benzene rings is 1. The molecule has 7 heteroatoms. The number of aromatic amines is 1. The van der Waals surface area contributed by atoms with Crippen LogP contribution in [0.5, 0.6) is 0 Å². The maximum atomic E-state index is 12.9. The van der Waals surface area contributed by atoms with Gasteiger partial charge in [-0.25, -0.2) is 4.98 Å². The highest BCUT2D eigenvalue weighted by Gasteiger charge is 2.25. The summed E-state index contributed by atoms with van der Waals surface area (Å²) in [5.41, 5.74) is 5.97. The largest absolute Gasteiger partial charge is 0.352 e. The van der Waals surface area contributed by atoms with Gasteiger partial charge in [0.15, 0.2) is 0 Å². The first-order chi connectivity index (χ1) is 16.7. The van der Waals surface area contributed by atoms with E-state index in [1.807, 2.05) is 42.8 Å². The van der Waals surface area contributed by atoms with E-state index in [2.05, 4.69) is 44.4 Å². The van der Waals surface area contributed by atoms with E-state index in [9.17, 15) is 4.79 Å². The van der Waals surface area contributed by atoms with Gasteiger partial charge in [0.25, 0.3) is 5.91 Å². The molecule has 34 heavy (non-hydrogen) atoms. The third kappa shape index (κ3) is 4.84. The fourth-order valence-corrected chi connectivity index (χ4v) is 4.85. The molecular formula is C27H30N6O. The maximum Gasteiger partial charge on any atom is 0.253 e. The van der Waals surface area contributed by atoms with Crippen molar-refractivity contribution in [2.45, 2.75) is 44.7 Å². The van der Waals surface area contributed by atoms with Crippen LogP contribution < -0.4 is 5.32 Å². The van der Waals surface area contributed by atoms with Crippen LogP contribution in [-0.4, -0.2) is 45.6 Å². The lowest BCUT2D eigenvalue weighted by Crippen LogP contribution is -2.28. The van der Waals surface area contributed by atoms with Crippen LogP contribution in [0.1, 0.15) is 59.2 Å². The first kappa shape index (κ1) is 22.2. The van der Waals surface area contributed by atoms with Crippen LogP contribution in [0.3, 0.4) is 0 Å². The molecule has 0 spiro atoms. The van der Waals surface area contributed by atoms with E-state index in [-0.39, 0.29) is 11.9 Å². The lowest BCUT2D eigenvalue weighted by Gasteiger charge is -2.31. The van der Waals surface area contributed by atoms with E-state index >= 15 is 0 Å². The van der Waals surface area contributed by atoms with Crippen molar-refractivity contribution in [3.63, 3.8) is 0 Å². The van der Waals surface area contributed by atoms with Gasteiger partial charge in [0.1, 0.15) is 11.3 Å². The number of carbonyl (C=O) groups is 1. The van der Waals surface area contributed by atoms with Gasteiger partial charge >= 0.3 is 0 Å². The average Bonchev–Trinajstić information content (AvgIpc) is 3.09. The number of nitrogens with one attached hydrogen (secondary N) is 2. The maximum absolute atomic E-state index is 12.9. The number of aliphatic imine (C=N–C) groups is 1. The Labute approximate surface area is 199 Å². The van der Waals surface area contributed by atoms with Crippen molar-refractivity contribution in [1.29, 1.82) is 0 Å². The molecule has 3 aromatic rings. The summed E-state index contributed by atoms with van der Waals surface area (Å²) in [5.74, 6) is 0.760. The van der Waals surface area contributed by atoms with Crippen LogP contribution in [0.4, 0.5) is 0 Å². The molecule has 0 bridgehead atoms. The third-order valence-corrected chi connectivity index (χ3v) is 6.60. The number of hydrogen-bond donors (Lipinski definition) is 2. The number of pyridine rings is 1. The van der Waals surface area contributed by atoms with Gasteiger partial charge in [-0.3, -0.25) is 19.7 Å². The smallest absolute Gasteiger partial charge is 0.253 e. The molecule has 1 atom stereocenters. The van der Waals surface area contributed by atoms with Gasteiger partial charge < -0.3 is 10.3 Å². The quantitative estimate of drug-likeness (QED) is 0.550. The van der Waals surface area contributed by atoms with Gasteiger partial charge in [0, 0.05) is 31.6 Å². The zero-order valence-corrected chi connectivity index (χ0v) is 19.5. The van der Waals surface area contributed by atoms with Crippen LogP contribution in [0.25, 0.3) is 11.0 Å². The van der Waals surface area contributed by atoms with Crippen molar-refractivity contribution in [2.24, 2.45) is 4.99 Å². The van der Waals surface area contributed by atoms with Crippen molar-refractivity contribution in [3.8, 4) is 0 Å². The zero-order valence-electron chi connectivity index (χ0n) is 19.5. The van der Waals surface area contributed by atoms with Gasteiger partial charge in [-0.1, -0.05) is 23.8 Å². The summed E-state index contributed by atoms with van der Waals surface area (Å²) in [7, 11) is 2.12. The highest BCUT2D eigenvalue weighted by Crippen LogP contribution is 2.32. The highest BCUT2D eigenvalue weighted by atomic mass is 16.1. The Kier molecular flexibility index (Phi) is 6.62. The van der Waals surface area contributed by atoms with Crippen molar-refractivity contribution in [2.75, 3.05) is 13.6 Å². The standard InChI is InChI=1S/C27H30N6O/c1-33(23-11-2-7-20-8-5-15-29-25(20)23)18-24-31-22-10-3-9-21(26(22)32-24)27(34)30-17-13-19-6-4-14-28-16-12-19/h3-6,8-10,14-16,23H,2,7,11-13,17-18H2,1H3,(H,30,34)(H,31,32). The molecule has 174 valence electrons. The van der Waals surface area contributed by atoms with E-state index < -0.39 is 0 Å². The lowest BCUT2D eigenvalue weighted by molar-refractivity contribution is 0.0955. The van der Waals surface area contributed by atoms with E-state index in [0.717, 1.165) is 43.4 Å². The number of nitrogens with zero attached hydrogens (tertiary/aromatic N) is 4. The summed E-state index contributed by atoms with van der Waals surface area (Å²) in [6.45, 7) is 1.25. The molecule has 1 aromatic carbocycles. The second kappa shape index (κ2) is 10.1. The predicted octanol–water partition coefficient (Wildman–Crippen LogP) is 4.50. The fourth-order valence-electron chi connectivity index (χ4n) is 4.85. The number of aryl methyl sites for hydroxylation is 1. The van der Waals surface area contributed by atoms with Crippen LogP contribution in [0, 0.1) is 0 Å². The predicted molar refractivity (Wildman–Crippen MR) is 135 cm³/mol. The first-order valence-corrected chi connectivity index (χ1v) is 11.9. The minimum atomic E-state index is -0.0964. The van der Waals surface area contributed by atoms with Crippen molar-refractivity contribution < 1.29 is 4.79 Å². The van der Waals surface area contributed by atoms with Gasteiger partial charge in [-0.2, -0.15) is 0 Å². The molecule has 1 aliphatic carbocycles. The van der Waals surface area contributed by atoms with Crippen LogP contribution in [0.2, 0.25) is 0 Å². The number of rotatable bonds is 7. The summed E-state index contributed by atoms with van der Waals surface area (Å²) in [4.78, 5) is 32.3. The molecular weight excluding hydrogens is 424 g/mol. The number of allylic oxidation sites excluding steroid dienone is 2. The Morgan fingerprint density at radius 3 is 3.15 bits per heavy atom. The number of carbonyl (C=O) groups excluding carboxylic acids is 1. The van der Waals surface area contributed by atoms with Crippen LogP contribution in [0.15, 0.2) is 65.4 Å². The van der Waals surface area contributed by atoms with Gasteiger partial charge in [-0.15, -0.1) is 0 Å². The highest BCUT2D eigenvalue weighted by molar-refractivity contribution is 6.04. The Bertz CT molecular complexity index is 1270. The zero-order chi connectivity index (χ0) is 23.3. The number of aromatic nitrogens is 3. The minimum Gasteiger partial charge on any atom is -0.352 e. The number of hydrogen-bond acceptors (Lipinski definition) is 5. The first-order valence-electron chi connectivity index (χ1n) is 11.9. The summed E-state index contributed by atoms with van der Waals surface area (Å²) in [6, 6.07) is 10.2. The molecule has 0 fully saturated rings. The van der Waals surface area contributed by atoms with Crippen LogP contribution >= 0.6 is 0 Å². The number of para-hydroxylation sites is 1. The number of imidazole rings is 1. The van der Waals surface area contributed by atoms with E-state index in [0.29, 0.717) is 24.2 Å². The van der Waals surface area contributed by atoms with E-state index in [1.165, 1.54) is 16.8 Å². The Hall–Kier alpha value is -3.58. The Morgan fingerprint density at radius 2 is 2.21 bits per heavy atom. The second-order valence-corrected chi connectivity index (χ2v) is 8.96. The second-order valence-electron chi connectivity index (χ2n) is 8.96. The normalized spacial score (nSPS) is 17.5. The number of fused-ring (bicyclic) bond motifs is 2. The van der Waals surface area contributed by atoms with Gasteiger partial charge in [0.05, 0.1) is 29.4 Å². The molecule has 3 heterocycles. The Balaban J connectivity index is 1.27. The van der Waals surface area contributed by atoms with E-state index in [1.54, 1.807) is 6.20 Å². The molecule has 1 unspecified atom stereocenters. The van der Waals surface area contributed by atoms with Crippen molar-refractivity contribution in [3.05, 3.63) is 83.1 Å².